The lowest BCUT2D eigenvalue weighted by molar-refractivity contribution is -0.119. The molecular weight excluding hydrogens is 400 g/mol. The number of hydrogen-bond acceptors (Lipinski definition) is 4. The van der Waals surface area contributed by atoms with Crippen molar-refractivity contribution in [3.05, 3.63) is 53.6 Å². The number of nitrogens with zero attached hydrogens (tertiary/aromatic N) is 1. The molecule has 2 aromatic rings. The van der Waals surface area contributed by atoms with Gasteiger partial charge in [0.1, 0.15) is 12.3 Å². The second-order valence-corrected chi connectivity index (χ2v) is 8.89. The Morgan fingerprint density at radius 1 is 1.11 bits per heavy atom. The van der Waals surface area contributed by atoms with Crippen molar-refractivity contribution in [3.63, 3.8) is 0 Å². The van der Waals surface area contributed by atoms with E-state index >= 15 is 0 Å². The van der Waals surface area contributed by atoms with Crippen LogP contribution in [0, 0.1) is 5.92 Å². The molecule has 1 amide bonds. The molecule has 0 unspecified atom stereocenters. The second kappa shape index (κ2) is 9.80. The lowest BCUT2D eigenvalue weighted by Crippen LogP contribution is -2.41. The molecule has 0 heterocycles. The van der Waals surface area contributed by atoms with Gasteiger partial charge in [0.25, 0.3) is 10.0 Å². The van der Waals surface area contributed by atoms with Crippen LogP contribution < -0.4 is 14.4 Å². The van der Waals surface area contributed by atoms with Gasteiger partial charge in [0.05, 0.1) is 17.2 Å². The largest absolute Gasteiger partial charge is 0.494 e. The Bertz CT molecular complexity index is 881. The number of hydrogen-bond donors (Lipinski definition) is 1. The minimum Gasteiger partial charge on any atom is -0.494 e. The molecule has 0 aliphatic heterocycles. The Hall–Kier alpha value is -2.25. The maximum absolute atomic E-state index is 13.2. The molecule has 0 saturated heterocycles. The maximum atomic E-state index is 13.2. The number of halogens is 1. The fourth-order valence-corrected chi connectivity index (χ4v) is 3.98. The minimum absolute atomic E-state index is 0.0578. The van der Waals surface area contributed by atoms with Crippen molar-refractivity contribution in [1.82, 2.24) is 5.32 Å². The average molecular weight is 425 g/mol. The third-order valence-electron chi connectivity index (χ3n) is 3.83. The van der Waals surface area contributed by atoms with Gasteiger partial charge in [-0.05, 0) is 61.4 Å². The highest BCUT2D eigenvalue weighted by Gasteiger charge is 2.27. The van der Waals surface area contributed by atoms with Crippen LogP contribution in [0.5, 0.6) is 5.75 Å². The van der Waals surface area contributed by atoms with Crippen LogP contribution in [0.4, 0.5) is 5.69 Å². The average Bonchev–Trinajstić information content (AvgIpc) is 2.66. The van der Waals surface area contributed by atoms with Gasteiger partial charge < -0.3 is 10.1 Å². The number of nitrogens with one attached hydrogen (secondary N) is 1. The molecule has 6 nitrogen and oxygen atoms in total. The predicted molar refractivity (Wildman–Crippen MR) is 111 cm³/mol. The Morgan fingerprint density at radius 2 is 1.71 bits per heavy atom. The topological polar surface area (TPSA) is 75.7 Å². The van der Waals surface area contributed by atoms with Crippen molar-refractivity contribution >= 4 is 33.2 Å². The second-order valence-electron chi connectivity index (χ2n) is 6.59. The number of ether oxygens (including phenoxy) is 1. The lowest BCUT2D eigenvalue weighted by atomic mass is 10.2. The summed E-state index contributed by atoms with van der Waals surface area (Å²) in [6.45, 7) is 6.44. The summed E-state index contributed by atoms with van der Waals surface area (Å²) in [5, 5.41) is 3.19. The summed E-state index contributed by atoms with van der Waals surface area (Å²) in [4.78, 5) is 12.4. The Kier molecular flexibility index (Phi) is 7.71. The van der Waals surface area contributed by atoms with E-state index in [4.69, 9.17) is 16.3 Å². The van der Waals surface area contributed by atoms with Crippen LogP contribution in [0.15, 0.2) is 53.4 Å². The molecule has 152 valence electrons. The summed E-state index contributed by atoms with van der Waals surface area (Å²) in [5.41, 5.74) is 0.373. The van der Waals surface area contributed by atoms with E-state index in [0.29, 0.717) is 29.6 Å². The first-order valence-corrected chi connectivity index (χ1v) is 10.8. The van der Waals surface area contributed by atoms with E-state index in [-0.39, 0.29) is 23.3 Å². The molecule has 0 aliphatic carbocycles. The van der Waals surface area contributed by atoms with E-state index in [0.717, 1.165) is 4.31 Å². The van der Waals surface area contributed by atoms with E-state index in [2.05, 4.69) is 5.32 Å². The van der Waals surface area contributed by atoms with Crippen LogP contribution in [0.3, 0.4) is 0 Å². The first kappa shape index (κ1) is 22.0. The SMILES string of the molecule is CCOc1ccc(N(CC(=O)NCC(C)C)S(=O)(=O)c2ccc(Cl)cc2)cc1. The van der Waals surface area contributed by atoms with Crippen molar-refractivity contribution in [2.45, 2.75) is 25.7 Å². The van der Waals surface area contributed by atoms with Crippen molar-refractivity contribution in [2.24, 2.45) is 5.92 Å². The molecular formula is C20H25ClN2O4S. The van der Waals surface area contributed by atoms with E-state index < -0.39 is 10.0 Å². The van der Waals surface area contributed by atoms with Crippen LogP contribution in [-0.2, 0) is 14.8 Å². The molecule has 0 radical (unpaired) electrons. The molecule has 0 aromatic heterocycles. The molecule has 0 fully saturated rings. The number of carbonyl (C=O) groups excluding carboxylic acids is 1. The standard InChI is InChI=1S/C20H25ClN2O4S/c1-4-27-18-9-7-17(8-10-18)23(14-20(24)22-13-15(2)3)28(25,26)19-11-5-16(21)6-12-19/h5-12,15H,4,13-14H2,1-3H3,(H,22,24). The quantitative estimate of drug-likeness (QED) is 0.665. The molecule has 0 atom stereocenters. The minimum atomic E-state index is -3.96. The van der Waals surface area contributed by atoms with Crippen LogP contribution in [0.1, 0.15) is 20.8 Å². The third kappa shape index (κ3) is 5.87. The summed E-state index contributed by atoms with van der Waals surface area (Å²) < 4.78 is 32.9. The highest BCUT2D eigenvalue weighted by Crippen LogP contribution is 2.26. The number of benzene rings is 2. The molecule has 28 heavy (non-hydrogen) atoms. The smallest absolute Gasteiger partial charge is 0.264 e. The van der Waals surface area contributed by atoms with Gasteiger partial charge in [-0.2, -0.15) is 0 Å². The number of anilines is 1. The van der Waals surface area contributed by atoms with Crippen LogP contribution in [0.25, 0.3) is 0 Å². The van der Waals surface area contributed by atoms with Gasteiger partial charge in [0.2, 0.25) is 5.91 Å². The maximum Gasteiger partial charge on any atom is 0.264 e. The van der Waals surface area contributed by atoms with Crippen molar-refractivity contribution in [1.29, 1.82) is 0 Å². The summed E-state index contributed by atoms with van der Waals surface area (Å²) in [5.74, 6) is 0.509. The molecule has 8 heteroatoms. The summed E-state index contributed by atoms with van der Waals surface area (Å²) in [6.07, 6.45) is 0. The van der Waals surface area contributed by atoms with Gasteiger partial charge >= 0.3 is 0 Å². The third-order valence-corrected chi connectivity index (χ3v) is 5.87. The zero-order valence-corrected chi connectivity index (χ0v) is 17.8. The van der Waals surface area contributed by atoms with Crippen molar-refractivity contribution < 1.29 is 17.9 Å². The molecule has 2 aromatic carbocycles. The van der Waals surface area contributed by atoms with Crippen molar-refractivity contribution in [2.75, 3.05) is 24.0 Å². The van der Waals surface area contributed by atoms with Gasteiger partial charge in [-0.25, -0.2) is 8.42 Å². The Labute approximate surface area is 171 Å². The molecule has 0 aliphatic rings. The van der Waals surface area contributed by atoms with Gasteiger partial charge in [0, 0.05) is 11.6 Å². The summed E-state index contributed by atoms with van der Waals surface area (Å²) >= 11 is 5.87. The van der Waals surface area contributed by atoms with Gasteiger partial charge in [-0.3, -0.25) is 9.10 Å². The summed E-state index contributed by atoms with van der Waals surface area (Å²) in [6, 6.07) is 12.4. The molecule has 1 N–H and O–H groups in total. The molecule has 2 rings (SSSR count). The van der Waals surface area contributed by atoms with Crippen molar-refractivity contribution in [3.8, 4) is 5.75 Å². The highest BCUT2D eigenvalue weighted by atomic mass is 35.5. The predicted octanol–water partition coefficient (Wildman–Crippen LogP) is 3.71. The Morgan fingerprint density at radius 3 is 2.25 bits per heavy atom. The molecule has 0 bridgehead atoms. The molecule has 0 spiro atoms. The summed E-state index contributed by atoms with van der Waals surface area (Å²) in [7, 11) is -3.96. The first-order chi connectivity index (χ1) is 13.2. The van der Waals surface area contributed by atoms with Gasteiger partial charge in [-0.15, -0.1) is 0 Å². The van der Waals surface area contributed by atoms with Crippen LogP contribution >= 0.6 is 11.6 Å². The zero-order valence-electron chi connectivity index (χ0n) is 16.2. The number of amides is 1. The Balaban J connectivity index is 2.37. The first-order valence-electron chi connectivity index (χ1n) is 9.02. The van der Waals surface area contributed by atoms with E-state index in [1.54, 1.807) is 24.3 Å². The van der Waals surface area contributed by atoms with Crippen LogP contribution in [-0.4, -0.2) is 34.0 Å². The lowest BCUT2D eigenvalue weighted by Gasteiger charge is -2.24. The fourth-order valence-electron chi connectivity index (χ4n) is 2.43. The van der Waals surface area contributed by atoms with Gasteiger partial charge in [0.15, 0.2) is 0 Å². The van der Waals surface area contributed by atoms with E-state index in [1.165, 1.54) is 24.3 Å². The zero-order chi connectivity index (χ0) is 20.7. The number of sulfonamides is 1. The van der Waals surface area contributed by atoms with E-state index in [9.17, 15) is 13.2 Å². The molecule has 0 saturated carbocycles. The number of rotatable bonds is 9. The normalized spacial score (nSPS) is 11.3. The van der Waals surface area contributed by atoms with Gasteiger partial charge in [-0.1, -0.05) is 25.4 Å². The monoisotopic (exact) mass is 424 g/mol. The fraction of sp³-hybridized carbons (Fsp3) is 0.350. The van der Waals surface area contributed by atoms with E-state index in [1.807, 2.05) is 20.8 Å². The highest BCUT2D eigenvalue weighted by molar-refractivity contribution is 7.92. The van der Waals surface area contributed by atoms with Crippen LogP contribution in [0.2, 0.25) is 5.02 Å². The number of carbonyl (C=O) groups is 1.